The van der Waals surface area contributed by atoms with Gasteiger partial charge in [-0.2, -0.15) is 0 Å². The van der Waals surface area contributed by atoms with E-state index in [-0.39, 0.29) is 0 Å². The Morgan fingerprint density at radius 1 is 1.29 bits per heavy atom. The highest BCUT2D eigenvalue weighted by Crippen LogP contribution is 2.12. The van der Waals surface area contributed by atoms with Gasteiger partial charge in [0.1, 0.15) is 5.15 Å². The number of rotatable bonds is 5. The lowest BCUT2D eigenvalue weighted by molar-refractivity contribution is 0.121. The molecule has 2 aromatic heterocycles. The number of ether oxygens (including phenoxy) is 1. The molecule has 0 aliphatic carbocycles. The van der Waals surface area contributed by atoms with Crippen molar-refractivity contribution in [1.82, 2.24) is 15.0 Å². The van der Waals surface area contributed by atoms with Crippen LogP contribution < -0.4 is 0 Å². The van der Waals surface area contributed by atoms with Crippen LogP contribution in [0.4, 0.5) is 0 Å². The van der Waals surface area contributed by atoms with Gasteiger partial charge in [0.05, 0.1) is 42.5 Å². The fraction of sp³-hybridized carbons (Fsp3) is 0.364. The molecule has 0 saturated heterocycles. The van der Waals surface area contributed by atoms with Crippen LogP contribution in [-0.2, 0) is 17.8 Å². The van der Waals surface area contributed by atoms with Gasteiger partial charge in [0.25, 0.3) is 0 Å². The van der Waals surface area contributed by atoms with Crippen LogP contribution in [-0.4, -0.2) is 21.6 Å². The Labute approximate surface area is 109 Å². The third-order valence-electron chi connectivity index (χ3n) is 2.24. The van der Waals surface area contributed by atoms with Gasteiger partial charge in [-0.05, 0) is 6.92 Å². The molecule has 6 heteroatoms. The van der Waals surface area contributed by atoms with Gasteiger partial charge in [-0.3, -0.25) is 4.98 Å². The maximum atomic E-state index is 5.64. The number of hydrogen-bond acceptors (Lipinski definition) is 5. The molecule has 4 nitrogen and oxygen atoms in total. The quantitative estimate of drug-likeness (QED) is 0.783. The summed E-state index contributed by atoms with van der Waals surface area (Å²) in [7, 11) is 0. The molecular weight excluding hydrogens is 258 g/mol. The molecule has 0 bridgehead atoms. The lowest BCUT2D eigenvalue weighted by atomic mass is 10.3. The van der Waals surface area contributed by atoms with Gasteiger partial charge in [-0.1, -0.05) is 11.6 Å². The van der Waals surface area contributed by atoms with Crippen molar-refractivity contribution in [2.75, 3.05) is 6.61 Å². The summed E-state index contributed by atoms with van der Waals surface area (Å²) in [6.07, 6.45) is 4.03. The summed E-state index contributed by atoms with van der Waals surface area (Å²) < 4.78 is 5.52. The number of thiazole rings is 1. The predicted octanol–water partition coefficient (Wildman–Crippen LogP) is 2.65. The highest BCUT2D eigenvalue weighted by Gasteiger charge is 2.01. The molecule has 0 aliphatic rings. The van der Waals surface area contributed by atoms with Gasteiger partial charge in [-0.25, -0.2) is 9.97 Å². The summed E-state index contributed by atoms with van der Waals surface area (Å²) in [5, 5.41) is 0.397. The smallest absolute Gasteiger partial charge is 0.147 e. The molecule has 0 unspecified atom stereocenters. The first-order chi connectivity index (χ1) is 8.25. The standard InChI is InChI=1S/C11H12ClN3OS/c1-8-10(17-7-15-8)2-3-16-6-9-4-14-11(12)5-13-9/h4-5,7H,2-3,6H2,1H3. The monoisotopic (exact) mass is 269 g/mol. The highest BCUT2D eigenvalue weighted by atomic mass is 35.5. The molecule has 0 atom stereocenters. The summed E-state index contributed by atoms with van der Waals surface area (Å²) in [5.41, 5.74) is 3.73. The average molecular weight is 270 g/mol. The minimum absolute atomic E-state index is 0.397. The normalized spacial score (nSPS) is 10.7. The lowest BCUT2D eigenvalue weighted by Crippen LogP contribution is -2.01. The van der Waals surface area contributed by atoms with E-state index in [1.165, 1.54) is 11.1 Å². The van der Waals surface area contributed by atoms with Crippen molar-refractivity contribution in [2.24, 2.45) is 0 Å². The predicted molar refractivity (Wildman–Crippen MR) is 67.3 cm³/mol. The molecule has 90 valence electrons. The van der Waals surface area contributed by atoms with Gasteiger partial charge in [-0.15, -0.1) is 11.3 Å². The Balaban J connectivity index is 1.73. The molecule has 0 N–H and O–H groups in total. The van der Waals surface area contributed by atoms with Gasteiger partial charge in [0.15, 0.2) is 0 Å². The van der Waals surface area contributed by atoms with E-state index in [0.717, 1.165) is 17.8 Å². The van der Waals surface area contributed by atoms with E-state index in [2.05, 4.69) is 15.0 Å². The molecule has 0 spiro atoms. The Kier molecular flexibility index (Phi) is 4.42. The van der Waals surface area contributed by atoms with Crippen LogP contribution >= 0.6 is 22.9 Å². The molecule has 0 aliphatic heterocycles. The second-order valence-corrected chi connectivity index (χ2v) is 4.82. The SMILES string of the molecule is Cc1ncsc1CCOCc1cnc(Cl)cn1. The zero-order valence-corrected chi connectivity index (χ0v) is 11.0. The summed E-state index contributed by atoms with van der Waals surface area (Å²) in [6, 6.07) is 0. The first-order valence-electron chi connectivity index (χ1n) is 5.19. The molecule has 0 radical (unpaired) electrons. The third-order valence-corrected chi connectivity index (χ3v) is 3.43. The molecule has 0 aromatic carbocycles. The van der Waals surface area contributed by atoms with Crippen LogP contribution in [0, 0.1) is 6.92 Å². The largest absolute Gasteiger partial charge is 0.375 e. The van der Waals surface area contributed by atoms with Crippen molar-refractivity contribution < 1.29 is 4.74 Å². The molecule has 0 amide bonds. The molecule has 2 rings (SSSR count). The minimum Gasteiger partial charge on any atom is -0.375 e. The second-order valence-electron chi connectivity index (χ2n) is 3.49. The zero-order valence-electron chi connectivity index (χ0n) is 9.39. The van der Waals surface area contributed by atoms with Gasteiger partial charge < -0.3 is 4.74 Å². The van der Waals surface area contributed by atoms with Gasteiger partial charge in [0.2, 0.25) is 0 Å². The van der Waals surface area contributed by atoms with Crippen molar-refractivity contribution in [3.05, 3.63) is 39.3 Å². The zero-order chi connectivity index (χ0) is 12.1. The van der Waals surface area contributed by atoms with Crippen LogP contribution in [0.1, 0.15) is 16.3 Å². The van der Waals surface area contributed by atoms with Crippen molar-refractivity contribution in [3.8, 4) is 0 Å². The van der Waals surface area contributed by atoms with E-state index in [4.69, 9.17) is 16.3 Å². The van der Waals surface area contributed by atoms with Crippen LogP contribution in [0.15, 0.2) is 17.9 Å². The number of nitrogens with zero attached hydrogens (tertiary/aromatic N) is 3. The third kappa shape index (κ3) is 3.73. The number of halogens is 1. The number of aromatic nitrogens is 3. The Bertz CT molecular complexity index is 472. The minimum atomic E-state index is 0.397. The van der Waals surface area contributed by atoms with Crippen LogP contribution in [0.5, 0.6) is 0 Å². The van der Waals surface area contributed by atoms with E-state index in [1.807, 2.05) is 12.4 Å². The van der Waals surface area contributed by atoms with Crippen molar-refractivity contribution >= 4 is 22.9 Å². The first-order valence-corrected chi connectivity index (χ1v) is 6.44. The number of aryl methyl sites for hydroxylation is 1. The molecule has 2 heterocycles. The van der Waals surface area contributed by atoms with E-state index in [9.17, 15) is 0 Å². The summed E-state index contributed by atoms with van der Waals surface area (Å²) in [4.78, 5) is 13.5. The molecule has 17 heavy (non-hydrogen) atoms. The van der Waals surface area contributed by atoms with Crippen molar-refractivity contribution in [3.63, 3.8) is 0 Å². The second kappa shape index (κ2) is 6.05. The average Bonchev–Trinajstić information content (AvgIpc) is 2.73. The Morgan fingerprint density at radius 2 is 2.18 bits per heavy atom. The first kappa shape index (κ1) is 12.4. The van der Waals surface area contributed by atoms with Gasteiger partial charge in [0, 0.05) is 11.3 Å². The molecule has 0 saturated carbocycles. The van der Waals surface area contributed by atoms with E-state index in [1.54, 1.807) is 17.5 Å². The van der Waals surface area contributed by atoms with Crippen LogP contribution in [0.2, 0.25) is 5.15 Å². The molecule has 2 aromatic rings. The maximum absolute atomic E-state index is 5.64. The van der Waals surface area contributed by atoms with Crippen LogP contribution in [0.25, 0.3) is 0 Å². The topological polar surface area (TPSA) is 47.9 Å². The van der Waals surface area contributed by atoms with Gasteiger partial charge >= 0.3 is 0 Å². The fourth-order valence-corrected chi connectivity index (χ4v) is 2.18. The lowest BCUT2D eigenvalue weighted by Gasteiger charge is -2.02. The van der Waals surface area contributed by atoms with E-state index in [0.29, 0.717) is 18.4 Å². The maximum Gasteiger partial charge on any atom is 0.147 e. The molecule has 0 fully saturated rings. The van der Waals surface area contributed by atoms with Crippen molar-refractivity contribution in [2.45, 2.75) is 20.0 Å². The Morgan fingerprint density at radius 3 is 2.82 bits per heavy atom. The Hall–Kier alpha value is -1.04. The van der Waals surface area contributed by atoms with Crippen molar-refractivity contribution in [1.29, 1.82) is 0 Å². The summed E-state index contributed by atoms with van der Waals surface area (Å²) >= 11 is 7.30. The summed E-state index contributed by atoms with van der Waals surface area (Å²) in [6.45, 7) is 3.13. The highest BCUT2D eigenvalue weighted by molar-refractivity contribution is 7.09. The fourth-order valence-electron chi connectivity index (χ4n) is 1.32. The number of hydrogen-bond donors (Lipinski definition) is 0. The summed E-state index contributed by atoms with van der Waals surface area (Å²) in [5.74, 6) is 0. The van der Waals surface area contributed by atoms with E-state index < -0.39 is 0 Å². The van der Waals surface area contributed by atoms with E-state index >= 15 is 0 Å². The van der Waals surface area contributed by atoms with Crippen LogP contribution in [0.3, 0.4) is 0 Å². The molecular formula is C11H12ClN3OS.